The maximum absolute atomic E-state index is 10.6. The maximum Gasteiger partial charge on any atom is 0.306 e. The van der Waals surface area contributed by atoms with Crippen molar-refractivity contribution in [1.82, 2.24) is 9.97 Å². The Balaban J connectivity index is 2.56. The van der Waals surface area contributed by atoms with Gasteiger partial charge in [-0.3, -0.25) is 4.79 Å². The lowest BCUT2D eigenvalue weighted by Crippen LogP contribution is -2.25. The van der Waals surface area contributed by atoms with Gasteiger partial charge in [0.05, 0.1) is 12.5 Å². The van der Waals surface area contributed by atoms with Gasteiger partial charge in [0.15, 0.2) is 0 Å². The zero-order valence-electron chi connectivity index (χ0n) is 10.2. The number of carboxylic acids is 1. The van der Waals surface area contributed by atoms with Gasteiger partial charge in [0.1, 0.15) is 11.6 Å². The largest absolute Gasteiger partial charge is 0.481 e. The Morgan fingerprint density at radius 2 is 2.24 bits per heavy atom. The maximum atomic E-state index is 10.6. The van der Waals surface area contributed by atoms with Gasteiger partial charge in [-0.15, -0.1) is 0 Å². The van der Waals surface area contributed by atoms with Gasteiger partial charge < -0.3 is 15.2 Å². The van der Waals surface area contributed by atoms with Gasteiger partial charge in [0.25, 0.3) is 0 Å². The van der Waals surface area contributed by atoms with Gasteiger partial charge in [0, 0.05) is 25.4 Å². The summed E-state index contributed by atoms with van der Waals surface area (Å²) in [6.07, 6.45) is -0.407. The molecule has 0 bridgehead atoms. The second kappa shape index (κ2) is 6.15. The molecule has 1 atom stereocenters. The van der Waals surface area contributed by atoms with Gasteiger partial charge in [0.2, 0.25) is 0 Å². The molecule has 0 spiro atoms. The highest BCUT2D eigenvalue weighted by Crippen LogP contribution is 2.07. The molecule has 1 aromatic rings. The fourth-order valence-corrected chi connectivity index (χ4v) is 1.46. The highest BCUT2D eigenvalue weighted by molar-refractivity contribution is 5.67. The van der Waals surface area contributed by atoms with Crippen LogP contribution in [-0.4, -0.2) is 40.8 Å². The molecule has 0 aliphatic carbocycles. The first-order valence-corrected chi connectivity index (χ1v) is 5.32. The van der Waals surface area contributed by atoms with Crippen LogP contribution >= 0.6 is 0 Å². The summed E-state index contributed by atoms with van der Waals surface area (Å²) in [4.78, 5) is 18.9. The lowest BCUT2D eigenvalue weighted by Gasteiger charge is -2.14. The topological polar surface area (TPSA) is 84.3 Å². The molecule has 0 aromatic carbocycles. The number of nitrogens with one attached hydrogen (secondary N) is 1. The molecule has 6 heteroatoms. The van der Waals surface area contributed by atoms with Crippen molar-refractivity contribution in [2.75, 3.05) is 19.0 Å². The van der Waals surface area contributed by atoms with Crippen LogP contribution in [-0.2, 0) is 9.53 Å². The smallest absolute Gasteiger partial charge is 0.306 e. The van der Waals surface area contributed by atoms with Crippen LogP contribution in [0, 0.1) is 13.8 Å². The Labute approximate surface area is 100 Å². The van der Waals surface area contributed by atoms with Crippen molar-refractivity contribution in [2.24, 2.45) is 0 Å². The van der Waals surface area contributed by atoms with Crippen LogP contribution < -0.4 is 5.32 Å². The van der Waals surface area contributed by atoms with Crippen LogP contribution in [0.3, 0.4) is 0 Å². The van der Waals surface area contributed by atoms with Gasteiger partial charge in [-0.1, -0.05) is 0 Å². The first-order chi connectivity index (χ1) is 8.01. The van der Waals surface area contributed by atoms with E-state index in [1.807, 2.05) is 13.8 Å². The lowest BCUT2D eigenvalue weighted by molar-refractivity contribution is -0.139. The number of hydrogen-bond donors (Lipinski definition) is 2. The minimum Gasteiger partial charge on any atom is -0.481 e. The summed E-state index contributed by atoms with van der Waals surface area (Å²) in [5.41, 5.74) is 0.868. The quantitative estimate of drug-likeness (QED) is 0.770. The fourth-order valence-electron chi connectivity index (χ4n) is 1.46. The molecule has 2 N–H and O–H groups in total. The van der Waals surface area contributed by atoms with E-state index >= 15 is 0 Å². The molecule has 0 amide bonds. The van der Waals surface area contributed by atoms with Crippen molar-refractivity contribution in [1.29, 1.82) is 0 Å². The first-order valence-electron chi connectivity index (χ1n) is 5.32. The fraction of sp³-hybridized carbons (Fsp3) is 0.545. The number of aromatic nitrogens is 2. The SMILES string of the molecule is COC(CNc1cc(C)nc(C)n1)CC(=O)O. The van der Waals surface area contributed by atoms with Gasteiger partial charge in [-0.2, -0.15) is 0 Å². The van der Waals surface area contributed by atoms with Crippen LogP contribution in [0.2, 0.25) is 0 Å². The van der Waals surface area contributed by atoms with Crippen LogP contribution in [0.1, 0.15) is 17.9 Å². The average Bonchev–Trinajstić information content (AvgIpc) is 2.22. The predicted molar refractivity (Wildman–Crippen MR) is 63.0 cm³/mol. The third-order valence-electron chi connectivity index (χ3n) is 2.21. The molecular weight excluding hydrogens is 222 g/mol. The average molecular weight is 239 g/mol. The minimum absolute atomic E-state index is 0.0352. The monoisotopic (exact) mass is 239 g/mol. The molecule has 0 saturated carbocycles. The second-order valence-electron chi connectivity index (χ2n) is 3.78. The van der Waals surface area contributed by atoms with Crippen LogP contribution in [0.5, 0.6) is 0 Å². The molecule has 1 aromatic heterocycles. The van der Waals surface area contributed by atoms with Gasteiger partial charge >= 0.3 is 5.97 Å². The van der Waals surface area contributed by atoms with Crippen molar-refractivity contribution < 1.29 is 14.6 Å². The third kappa shape index (κ3) is 4.78. The van der Waals surface area contributed by atoms with E-state index in [2.05, 4.69) is 15.3 Å². The second-order valence-corrected chi connectivity index (χ2v) is 3.78. The number of methoxy groups -OCH3 is 1. The number of nitrogens with zero attached hydrogens (tertiary/aromatic N) is 2. The van der Waals surface area contributed by atoms with E-state index in [0.29, 0.717) is 18.2 Å². The third-order valence-corrected chi connectivity index (χ3v) is 2.21. The van der Waals surface area contributed by atoms with E-state index in [0.717, 1.165) is 5.69 Å². The van der Waals surface area contributed by atoms with E-state index in [4.69, 9.17) is 9.84 Å². The molecule has 94 valence electrons. The van der Waals surface area contributed by atoms with E-state index in [1.165, 1.54) is 7.11 Å². The number of rotatable bonds is 6. The zero-order chi connectivity index (χ0) is 12.8. The molecule has 0 fully saturated rings. The lowest BCUT2D eigenvalue weighted by atomic mass is 10.2. The number of carbonyl (C=O) groups is 1. The summed E-state index contributed by atoms with van der Waals surface area (Å²) in [5.74, 6) is 0.482. The summed E-state index contributed by atoms with van der Waals surface area (Å²) in [6, 6.07) is 1.81. The van der Waals surface area contributed by atoms with Crippen LogP contribution in [0.25, 0.3) is 0 Å². The number of hydrogen-bond acceptors (Lipinski definition) is 5. The molecule has 0 aliphatic rings. The Morgan fingerprint density at radius 3 is 2.76 bits per heavy atom. The molecular formula is C11H17N3O3. The molecule has 1 rings (SSSR count). The number of aliphatic carboxylic acids is 1. The summed E-state index contributed by atoms with van der Waals surface area (Å²) in [6.45, 7) is 4.09. The highest BCUT2D eigenvalue weighted by atomic mass is 16.5. The van der Waals surface area contributed by atoms with Gasteiger partial charge in [-0.25, -0.2) is 9.97 Å². The molecule has 6 nitrogen and oxygen atoms in total. The van der Waals surface area contributed by atoms with E-state index in [9.17, 15) is 4.79 Å². The van der Waals surface area contributed by atoms with Gasteiger partial charge in [-0.05, 0) is 13.8 Å². The number of ether oxygens (including phenoxy) is 1. The van der Waals surface area contributed by atoms with Crippen molar-refractivity contribution in [3.05, 3.63) is 17.6 Å². The summed E-state index contributed by atoms with van der Waals surface area (Å²) >= 11 is 0. The van der Waals surface area contributed by atoms with Crippen LogP contribution in [0.4, 0.5) is 5.82 Å². The van der Waals surface area contributed by atoms with E-state index in [1.54, 1.807) is 6.07 Å². The first kappa shape index (κ1) is 13.4. The highest BCUT2D eigenvalue weighted by Gasteiger charge is 2.12. The number of aryl methyl sites for hydroxylation is 2. The molecule has 0 radical (unpaired) electrons. The molecule has 1 unspecified atom stereocenters. The summed E-state index contributed by atoms with van der Waals surface area (Å²) in [5, 5.41) is 11.7. The van der Waals surface area contributed by atoms with Crippen molar-refractivity contribution >= 4 is 11.8 Å². The van der Waals surface area contributed by atoms with Crippen LogP contribution in [0.15, 0.2) is 6.07 Å². The van der Waals surface area contributed by atoms with Crippen molar-refractivity contribution in [3.8, 4) is 0 Å². The number of anilines is 1. The minimum atomic E-state index is -0.881. The predicted octanol–water partition coefficient (Wildman–Crippen LogP) is 0.995. The van der Waals surface area contributed by atoms with Crippen molar-refractivity contribution in [3.63, 3.8) is 0 Å². The Bertz CT molecular complexity index is 375. The Hall–Kier alpha value is -1.69. The Morgan fingerprint density at radius 1 is 1.53 bits per heavy atom. The summed E-state index contributed by atoms with van der Waals surface area (Å²) in [7, 11) is 1.49. The standard InChI is InChI=1S/C11H17N3O3/c1-7-4-10(14-8(2)13-7)12-6-9(17-3)5-11(15)16/h4,9H,5-6H2,1-3H3,(H,15,16)(H,12,13,14). The molecule has 0 aliphatic heterocycles. The molecule has 0 saturated heterocycles. The zero-order valence-corrected chi connectivity index (χ0v) is 10.2. The molecule has 17 heavy (non-hydrogen) atoms. The summed E-state index contributed by atoms with van der Waals surface area (Å²) < 4.78 is 5.06. The van der Waals surface area contributed by atoms with Crippen molar-refractivity contribution in [2.45, 2.75) is 26.4 Å². The normalized spacial score (nSPS) is 12.2. The Kier molecular flexibility index (Phi) is 4.84. The number of carboxylic acid groups (broad SMARTS) is 1. The van der Waals surface area contributed by atoms with E-state index in [-0.39, 0.29) is 12.5 Å². The molecule has 1 heterocycles. The van der Waals surface area contributed by atoms with E-state index < -0.39 is 5.97 Å².